The van der Waals surface area contributed by atoms with Gasteiger partial charge in [0.05, 0.1) is 0 Å². The lowest BCUT2D eigenvalue weighted by Crippen LogP contribution is -2.57. The van der Waals surface area contributed by atoms with Crippen LogP contribution in [0.15, 0.2) is 170 Å². The van der Waals surface area contributed by atoms with Gasteiger partial charge in [0.25, 0.3) is 6.71 Å². The number of fused-ring (bicyclic) bond motifs is 6. The van der Waals surface area contributed by atoms with Crippen molar-refractivity contribution in [2.75, 3.05) is 0 Å². The van der Waals surface area contributed by atoms with E-state index in [0.717, 1.165) is 50.7 Å². The highest BCUT2D eigenvalue weighted by Crippen LogP contribution is 2.47. The Morgan fingerprint density at radius 3 is 1.20 bits per heavy atom. The first-order chi connectivity index (χ1) is 31.1. The maximum Gasteiger partial charge on any atom is 0.260 e. The van der Waals surface area contributed by atoms with E-state index in [1.807, 2.05) is 0 Å². The smallest absolute Gasteiger partial charge is 0.260 e. The van der Waals surface area contributed by atoms with Crippen LogP contribution < -0.4 is 25.9 Å². The number of rotatable bonds is 4. The Kier molecular flexibility index (Phi) is 9.35. The highest BCUT2D eigenvalue weighted by atomic mass is 16.5. The largest absolute Gasteiger partial charge is 0.458 e. The van der Waals surface area contributed by atoms with Crippen LogP contribution in [0.4, 0.5) is 0 Å². The Balaban J connectivity index is 1.17. The molecule has 0 spiro atoms. The van der Waals surface area contributed by atoms with Crippen LogP contribution in [0.1, 0.15) is 79.0 Å². The molecule has 0 unspecified atom stereocenters. The summed E-state index contributed by atoms with van der Waals surface area (Å²) in [7, 11) is 0. The lowest BCUT2D eigenvalue weighted by Gasteiger charge is -2.35. The van der Waals surface area contributed by atoms with Gasteiger partial charge in [-0.2, -0.15) is 0 Å². The highest BCUT2D eigenvalue weighted by molar-refractivity contribution is 6.98. The minimum absolute atomic E-state index is 0.00360. The number of ether oxygens (including phenoxy) is 2. The second-order valence-electron chi connectivity index (χ2n) is 21.4. The molecule has 0 bridgehead atoms. The predicted molar refractivity (Wildman–Crippen MR) is 277 cm³/mol. The first kappa shape index (κ1) is 40.9. The summed E-state index contributed by atoms with van der Waals surface area (Å²) in [6.45, 7) is 20.5. The Morgan fingerprint density at radius 1 is 0.308 bits per heavy atom. The molecule has 0 aromatic heterocycles. The number of benzene rings is 9. The van der Waals surface area contributed by atoms with Crippen molar-refractivity contribution < 1.29 is 9.47 Å². The molecule has 0 fully saturated rings. The summed E-state index contributed by atoms with van der Waals surface area (Å²) in [5.74, 6) is 3.49. The zero-order chi connectivity index (χ0) is 45.0. The van der Waals surface area contributed by atoms with Crippen LogP contribution in [-0.2, 0) is 16.2 Å². The molecule has 2 aliphatic rings. The van der Waals surface area contributed by atoms with E-state index in [0.29, 0.717) is 0 Å². The molecule has 11 rings (SSSR count). The van der Waals surface area contributed by atoms with Gasteiger partial charge in [0.2, 0.25) is 0 Å². The van der Waals surface area contributed by atoms with E-state index in [9.17, 15) is 0 Å². The highest BCUT2D eigenvalue weighted by Gasteiger charge is 2.41. The van der Waals surface area contributed by atoms with Gasteiger partial charge in [0.15, 0.2) is 0 Å². The molecule has 0 saturated heterocycles. The average molecular weight is 843 g/mol. The van der Waals surface area contributed by atoms with E-state index in [1.54, 1.807) is 0 Å². The van der Waals surface area contributed by atoms with E-state index in [2.05, 4.69) is 232 Å². The second-order valence-corrected chi connectivity index (χ2v) is 21.4. The quantitative estimate of drug-likeness (QED) is 0.130. The predicted octanol–water partition coefficient (Wildman–Crippen LogP) is 15.3. The van der Waals surface area contributed by atoms with Gasteiger partial charge in [-0.3, -0.25) is 0 Å². The minimum atomic E-state index is -0.0333. The average Bonchev–Trinajstić information content (AvgIpc) is 3.29. The first-order valence-electron chi connectivity index (χ1n) is 23.2. The van der Waals surface area contributed by atoms with Crippen LogP contribution in [-0.4, -0.2) is 6.71 Å². The molecule has 9 aromatic rings. The monoisotopic (exact) mass is 842 g/mol. The van der Waals surface area contributed by atoms with Crippen molar-refractivity contribution in [1.29, 1.82) is 0 Å². The molecule has 0 atom stereocenters. The van der Waals surface area contributed by atoms with Gasteiger partial charge >= 0.3 is 0 Å². The van der Waals surface area contributed by atoms with Crippen LogP contribution in [0, 0.1) is 0 Å². The van der Waals surface area contributed by atoms with E-state index in [4.69, 9.17) is 9.47 Å². The summed E-state index contributed by atoms with van der Waals surface area (Å²) < 4.78 is 14.1. The summed E-state index contributed by atoms with van der Waals surface area (Å²) >= 11 is 0. The molecule has 2 nitrogen and oxygen atoms in total. The van der Waals surface area contributed by atoms with Gasteiger partial charge in [-0.1, -0.05) is 190 Å². The van der Waals surface area contributed by atoms with Gasteiger partial charge in [0, 0.05) is 5.46 Å². The Labute approximate surface area is 385 Å². The van der Waals surface area contributed by atoms with E-state index in [1.165, 1.54) is 71.4 Å². The van der Waals surface area contributed by atoms with Crippen molar-refractivity contribution >= 4 is 44.6 Å². The van der Waals surface area contributed by atoms with E-state index in [-0.39, 0.29) is 23.0 Å². The van der Waals surface area contributed by atoms with Crippen molar-refractivity contribution in [3.8, 4) is 67.5 Å². The zero-order valence-corrected chi connectivity index (χ0v) is 39.1. The minimum Gasteiger partial charge on any atom is -0.458 e. The molecular formula is C62H55BO2. The molecular weight excluding hydrogens is 787 g/mol. The molecule has 3 heteroatoms. The van der Waals surface area contributed by atoms with Gasteiger partial charge in [0.1, 0.15) is 23.0 Å². The second kappa shape index (κ2) is 14.9. The van der Waals surface area contributed by atoms with Crippen LogP contribution in [0.3, 0.4) is 0 Å². The molecule has 0 N–H and O–H groups in total. The molecule has 2 aliphatic heterocycles. The summed E-state index contributed by atoms with van der Waals surface area (Å²) in [6.07, 6.45) is 0. The number of hydrogen-bond acceptors (Lipinski definition) is 2. The van der Waals surface area contributed by atoms with Gasteiger partial charge < -0.3 is 9.47 Å². The summed E-state index contributed by atoms with van der Waals surface area (Å²) in [5, 5.41) is 4.93. The van der Waals surface area contributed by atoms with Crippen molar-refractivity contribution in [1.82, 2.24) is 0 Å². The van der Waals surface area contributed by atoms with Crippen molar-refractivity contribution in [2.45, 2.75) is 78.6 Å². The zero-order valence-electron chi connectivity index (χ0n) is 39.1. The molecule has 318 valence electrons. The fourth-order valence-corrected chi connectivity index (χ4v) is 10.2. The van der Waals surface area contributed by atoms with Crippen LogP contribution in [0.2, 0.25) is 0 Å². The first-order valence-corrected chi connectivity index (χ1v) is 23.2. The van der Waals surface area contributed by atoms with Gasteiger partial charge in [-0.25, -0.2) is 0 Å². The SMILES string of the molecule is CC(C)(C)c1cccc(-c2cc(-c3cc4c5c(c3)Oc3ccc(C(C)(C)C)cc3B5c3cc(C(C)(C)C)ccc3O4)cc(-c3c4ccccc4c(-c4ccccc4)c4ccccc34)c2)c1. The van der Waals surface area contributed by atoms with E-state index < -0.39 is 0 Å². The lowest BCUT2D eigenvalue weighted by atomic mass is 9.34. The standard InChI is InChI=1S/C62H55BO2/c1-60(2,3)44-21-17-20-39(33-44)40-30-41(32-43(31-40)58-49-24-15-13-22-47(49)57(38-18-11-10-12-19-38)48-23-14-16-25-50(48)58)42-34-55-59-56(35-42)65-54-29-27-46(62(7,8)9)37-52(54)63(59)51-36-45(61(4,5)6)26-28-53(51)64-55/h10-37H,1-9H3. The Bertz CT molecular complexity index is 3230. The Morgan fingerprint density at radius 2 is 0.708 bits per heavy atom. The summed E-state index contributed by atoms with van der Waals surface area (Å²) in [4.78, 5) is 0. The molecule has 0 amide bonds. The normalized spacial score (nSPS) is 13.2. The molecule has 0 saturated carbocycles. The third-order valence-corrected chi connectivity index (χ3v) is 13.8. The number of hydrogen-bond donors (Lipinski definition) is 0. The molecule has 0 radical (unpaired) electrons. The van der Waals surface area contributed by atoms with Crippen LogP contribution >= 0.6 is 0 Å². The molecule has 65 heavy (non-hydrogen) atoms. The van der Waals surface area contributed by atoms with Crippen molar-refractivity contribution in [3.63, 3.8) is 0 Å². The van der Waals surface area contributed by atoms with E-state index >= 15 is 0 Å². The van der Waals surface area contributed by atoms with Crippen molar-refractivity contribution in [3.05, 3.63) is 187 Å². The Hall–Kier alpha value is -6.84. The fraction of sp³-hybridized carbons (Fsp3) is 0.194. The van der Waals surface area contributed by atoms with Crippen LogP contribution in [0.25, 0.3) is 66.1 Å². The third kappa shape index (κ3) is 7.04. The van der Waals surface area contributed by atoms with Crippen LogP contribution in [0.5, 0.6) is 23.0 Å². The summed E-state index contributed by atoms with van der Waals surface area (Å²) in [5.41, 5.74) is 16.7. The molecule has 9 aromatic carbocycles. The topological polar surface area (TPSA) is 18.5 Å². The maximum atomic E-state index is 7.04. The summed E-state index contributed by atoms with van der Waals surface area (Å²) in [6, 6.07) is 63.0. The third-order valence-electron chi connectivity index (χ3n) is 13.8. The maximum absolute atomic E-state index is 7.04. The fourth-order valence-electron chi connectivity index (χ4n) is 10.2. The van der Waals surface area contributed by atoms with Gasteiger partial charge in [-0.05, 0) is 152 Å². The van der Waals surface area contributed by atoms with Crippen molar-refractivity contribution in [2.24, 2.45) is 0 Å². The molecule has 2 heterocycles. The molecule has 0 aliphatic carbocycles. The van der Waals surface area contributed by atoms with Gasteiger partial charge in [-0.15, -0.1) is 0 Å². The lowest BCUT2D eigenvalue weighted by molar-refractivity contribution is 0.464.